The summed E-state index contributed by atoms with van der Waals surface area (Å²) in [6.45, 7) is 0. The van der Waals surface area contributed by atoms with Gasteiger partial charge in [-0.3, -0.25) is 9.59 Å². The number of thiophene rings is 1. The quantitative estimate of drug-likeness (QED) is 0.525. The molecule has 4 aromatic rings. The number of hydrogen-bond donors (Lipinski definition) is 1. The van der Waals surface area contributed by atoms with Gasteiger partial charge in [0.05, 0.1) is 23.2 Å². The third-order valence-corrected chi connectivity index (χ3v) is 5.23. The van der Waals surface area contributed by atoms with Gasteiger partial charge in [-0.25, -0.2) is 4.79 Å². The van der Waals surface area contributed by atoms with Crippen LogP contribution in [0.1, 0.15) is 20.2 Å². The van der Waals surface area contributed by atoms with Gasteiger partial charge in [-0.05, 0) is 30.3 Å². The first kappa shape index (κ1) is 18.6. The van der Waals surface area contributed by atoms with E-state index < -0.39 is 11.9 Å². The summed E-state index contributed by atoms with van der Waals surface area (Å²) in [5, 5.41) is 8.38. The fraction of sp³-hybridized carbons (Fsp3) is 0.0476. The Balaban J connectivity index is 1.79. The zero-order valence-corrected chi connectivity index (χ0v) is 16.1. The maximum atomic E-state index is 13.0. The highest BCUT2D eigenvalue weighted by Gasteiger charge is 2.19. The minimum Gasteiger partial charge on any atom is -0.465 e. The van der Waals surface area contributed by atoms with E-state index in [4.69, 9.17) is 0 Å². The van der Waals surface area contributed by atoms with Gasteiger partial charge < -0.3 is 10.1 Å². The second-order valence-electron chi connectivity index (χ2n) is 6.06. The van der Waals surface area contributed by atoms with Crippen molar-refractivity contribution in [2.45, 2.75) is 0 Å². The van der Waals surface area contributed by atoms with Crippen LogP contribution < -0.4 is 10.9 Å². The first-order valence-electron chi connectivity index (χ1n) is 8.65. The number of amides is 1. The lowest BCUT2D eigenvalue weighted by atomic mass is 10.1. The Morgan fingerprint density at radius 1 is 0.966 bits per heavy atom. The van der Waals surface area contributed by atoms with Crippen LogP contribution in [0.4, 0.5) is 5.00 Å². The lowest BCUT2D eigenvalue weighted by molar-refractivity contribution is 0.0606. The lowest BCUT2D eigenvalue weighted by Crippen LogP contribution is -2.26. The van der Waals surface area contributed by atoms with E-state index in [2.05, 4.69) is 15.2 Å². The fourth-order valence-electron chi connectivity index (χ4n) is 2.89. The summed E-state index contributed by atoms with van der Waals surface area (Å²) in [7, 11) is 1.29. The van der Waals surface area contributed by atoms with Gasteiger partial charge in [0.25, 0.3) is 11.5 Å². The summed E-state index contributed by atoms with van der Waals surface area (Å²) in [6, 6.07) is 18.9. The predicted octanol–water partition coefficient (Wildman–Crippen LogP) is 3.49. The minimum atomic E-state index is -0.482. The van der Waals surface area contributed by atoms with E-state index >= 15 is 0 Å². The standard InChI is InChI=1S/C21H15N3O4S/c1-28-21(27)16-11-12-17(29-16)22-19(25)18-14-9-5-6-10-15(14)20(26)24(23-18)13-7-3-2-4-8-13/h2-12H,1H3,(H,22,25). The molecule has 8 heteroatoms. The first-order valence-corrected chi connectivity index (χ1v) is 9.47. The van der Waals surface area contributed by atoms with E-state index in [9.17, 15) is 14.4 Å². The number of para-hydroxylation sites is 1. The largest absolute Gasteiger partial charge is 0.465 e. The highest BCUT2D eigenvalue weighted by atomic mass is 32.1. The normalized spacial score (nSPS) is 10.7. The van der Waals surface area contributed by atoms with Crippen molar-refractivity contribution in [1.82, 2.24) is 9.78 Å². The van der Waals surface area contributed by atoms with Gasteiger partial charge in [0.2, 0.25) is 0 Å². The monoisotopic (exact) mass is 405 g/mol. The van der Waals surface area contributed by atoms with Crippen LogP contribution in [0.5, 0.6) is 0 Å². The van der Waals surface area contributed by atoms with Crippen molar-refractivity contribution in [2.75, 3.05) is 12.4 Å². The number of carbonyl (C=O) groups excluding carboxylic acids is 2. The van der Waals surface area contributed by atoms with Crippen LogP contribution in [-0.4, -0.2) is 28.8 Å². The molecule has 0 unspecified atom stereocenters. The molecule has 1 N–H and O–H groups in total. The molecule has 2 aromatic heterocycles. The van der Waals surface area contributed by atoms with E-state index in [1.54, 1.807) is 60.7 Å². The minimum absolute atomic E-state index is 0.108. The zero-order valence-electron chi connectivity index (χ0n) is 15.3. The third kappa shape index (κ3) is 3.53. The molecule has 0 saturated heterocycles. The number of hydrogen-bond acceptors (Lipinski definition) is 6. The van der Waals surface area contributed by atoms with Crippen molar-refractivity contribution in [3.8, 4) is 5.69 Å². The molecule has 7 nitrogen and oxygen atoms in total. The number of methoxy groups -OCH3 is 1. The number of rotatable bonds is 4. The van der Waals surface area contributed by atoms with E-state index in [0.29, 0.717) is 26.3 Å². The SMILES string of the molecule is COC(=O)c1ccc(NC(=O)c2nn(-c3ccccc3)c(=O)c3ccccc23)s1. The van der Waals surface area contributed by atoms with Crippen molar-refractivity contribution in [3.05, 3.63) is 87.7 Å². The molecule has 0 aliphatic carbocycles. The maximum absolute atomic E-state index is 13.0. The Morgan fingerprint density at radius 3 is 2.38 bits per heavy atom. The molecule has 0 radical (unpaired) electrons. The second-order valence-corrected chi connectivity index (χ2v) is 7.14. The van der Waals surface area contributed by atoms with Gasteiger partial charge in [-0.15, -0.1) is 11.3 Å². The third-order valence-electron chi connectivity index (χ3n) is 4.25. The van der Waals surface area contributed by atoms with Crippen LogP contribution in [0.3, 0.4) is 0 Å². The Morgan fingerprint density at radius 2 is 1.66 bits per heavy atom. The predicted molar refractivity (Wildman–Crippen MR) is 111 cm³/mol. The van der Waals surface area contributed by atoms with Gasteiger partial charge in [0, 0.05) is 5.39 Å². The number of nitrogens with zero attached hydrogens (tertiary/aromatic N) is 2. The molecular weight excluding hydrogens is 390 g/mol. The van der Waals surface area contributed by atoms with Crippen LogP contribution in [0.2, 0.25) is 0 Å². The molecule has 0 aliphatic heterocycles. The molecule has 0 fully saturated rings. The average molecular weight is 405 g/mol. The van der Waals surface area contributed by atoms with Crippen molar-refractivity contribution < 1.29 is 14.3 Å². The molecule has 144 valence electrons. The smallest absolute Gasteiger partial charge is 0.348 e. The number of benzene rings is 2. The topological polar surface area (TPSA) is 90.3 Å². The number of fused-ring (bicyclic) bond motifs is 1. The molecule has 0 spiro atoms. The molecule has 0 aliphatic rings. The van der Waals surface area contributed by atoms with E-state index in [1.165, 1.54) is 11.8 Å². The van der Waals surface area contributed by atoms with Crippen molar-refractivity contribution >= 4 is 39.0 Å². The van der Waals surface area contributed by atoms with Gasteiger partial charge in [0.15, 0.2) is 5.69 Å². The van der Waals surface area contributed by atoms with Crippen molar-refractivity contribution in [2.24, 2.45) is 0 Å². The highest BCUT2D eigenvalue weighted by Crippen LogP contribution is 2.24. The van der Waals surface area contributed by atoms with E-state index in [-0.39, 0.29) is 11.3 Å². The number of ether oxygens (including phenoxy) is 1. The Labute approximate surface area is 169 Å². The molecule has 0 saturated carbocycles. The summed E-state index contributed by atoms with van der Waals surface area (Å²) in [6.07, 6.45) is 0. The van der Waals surface area contributed by atoms with Gasteiger partial charge in [-0.1, -0.05) is 36.4 Å². The summed E-state index contributed by atoms with van der Waals surface area (Å²) in [5.41, 5.74) is 0.353. The number of aromatic nitrogens is 2. The first-order chi connectivity index (χ1) is 14.1. The molecule has 2 heterocycles. The Bertz CT molecular complexity index is 1280. The lowest BCUT2D eigenvalue weighted by Gasteiger charge is -2.10. The zero-order chi connectivity index (χ0) is 20.4. The van der Waals surface area contributed by atoms with Crippen molar-refractivity contribution in [3.63, 3.8) is 0 Å². The van der Waals surface area contributed by atoms with E-state index in [0.717, 1.165) is 11.3 Å². The van der Waals surface area contributed by atoms with Crippen LogP contribution in [0.15, 0.2) is 71.5 Å². The fourth-order valence-corrected chi connectivity index (χ4v) is 3.71. The van der Waals surface area contributed by atoms with Gasteiger partial charge in [-0.2, -0.15) is 9.78 Å². The van der Waals surface area contributed by atoms with Crippen LogP contribution in [-0.2, 0) is 4.74 Å². The van der Waals surface area contributed by atoms with Crippen molar-refractivity contribution in [1.29, 1.82) is 0 Å². The molecular formula is C21H15N3O4S. The van der Waals surface area contributed by atoms with Crippen LogP contribution in [0.25, 0.3) is 16.5 Å². The van der Waals surface area contributed by atoms with Crippen LogP contribution in [0, 0.1) is 0 Å². The number of nitrogens with one attached hydrogen (secondary N) is 1. The molecule has 4 rings (SSSR count). The second kappa shape index (κ2) is 7.69. The summed E-state index contributed by atoms with van der Waals surface area (Å²) in [4.78, 5) is 37.9. The average Bonchev–Trinajstić information content (AvgIpc) is 3.22. The Hall–Kier alpha value is -3.78. The molecule has 0 bridgehead atoms. The summed E-state index contributed by atoms with van der Waals surface area (Å²) in [5.74, 6) is -0.958. The Kier molecular flexibility index (Phi) is 4.92. The number of anilines is 1. The highest BCUT2D eigenvalue weighted by molar-refractivity contribution is 7.18. The molecule has 1 amide bonds. The summed E-state index contributed by atoms with van der Waals surface area (Å²) >= 11 is 1.09. The maximum Gasteiger partial charge on any atom is 0.348 e. The number of esters is 1. The molecule has 2 aromatic carbocycles. The molecule has 0 atom stereocenters. The van der Waals surface area contributed by atoms with Gasteiger partial charge in [0.1, 0.15) is 4.88 Å². The van der Waals surface area contributed by atoms with Gasteiger partial charge >= 0.3 is 5.97 Å². The number of carbonyl (C=O) groups is 2. The summed E-state index contributed by atoms with van der Waals surface area (Å²) < 4.78 is 5.90. The van der Waals surface area contributed by atoms with E-state index in [1.807, 2.05) is 6.07 Å². The molecule has 29 heavy (non-hydrogen) atoms. The van der Waals surface area contributed by atoms with Crippen LogP contribution >= 0.6 is 11.3 Å².